The van der Waals surface area contributed by atoms with Crippen LogP contribution < -0.4 is 5.56 Å². The van der Waals surface area contributed by atoms with Gasteiger partial charge in [0.1, 0.15) is 11.6 Å². The van der Waals surface area contributed by atoms with Gasteiger partial charge >= 0.3 is 0 Å². The van der Waals surface area contributed by atoms with Gasteiger partial charge in [0.15, 0.2) is 0 Å². The minimum absolute atomic E-state index is 0.220. The number of nitrogens with zero attached hydrogens (tertiary/aromatic N) is 2. The van der Waals surface area contributed by atoms with E-state index in [1.807, 2.05) is 49.4 Å². The Morgan fingerprint density at radius 1 is 0.926 bits per heavy atom. The Labute approximate surface area is 156 Å². The van der Waals surface area contributed by atoms with Crippen LogP contribution in [0.3, 0.4) is 0 Å². The van der Waals surface area contributed by atoms with Crippen molar-refractivity contribution < 1.29 is 4.39 Å². The van der Waals surface area contributed by atoms with Gasteiger partial charge in [0.2, 0.25) is 0 Å². The van der Waals surface area contributed by atoms with Crippen molar-refractivity contribution in [3.63, 3.8) is 0 Å². The van der Waals surface area contributed by atoms with Crippen LogP contribution in [0.25, 0.3) is 28.7 Å². The van der Waals surface area contributed by atoms with Crippen molar-refractivity contribution in [1.82, 2.24) is 9.55 Å². The average Bonchev–Trinajstić information content (AvgIpc) is 2.69. The molecule has 0 bridgehead atoms. The average molecular weight is 356 g/mol. The second-order valence-corrected chi connectivity index (χ2v) is 6.30. The molecule has 0 amide bonds. The Bertz CT molecular complexity index is 1210. The normalized spacial score (nSPS) is 11.3. The molecule has 132 valence electrons. The Kier molecular flexibility index (Phi) is 4.38. The molecule has 0 saturated heterocycles. The highest BCUT2D eigenvalue weighted by molar-refractivity contribution is 5.80. The highest BCUT2D eigenvalue weighted by Gasteiger charge is 2.13. The molecule has 4 rings (SSSR count). The van der Waals surface area contributed by atoms with Gasteiger partial charge in [-0.25, -0.2) is 9.37 Å². The Balaban J connectivity index is 2.00. The molecular weight excluding hydrogens is 339 g/mol. The molecule has 0 radical (unpaired) electrons. The van der Waals surface area contributed by atoms with Crippen LogP contribution in [-0.2, 0) is 0 Å². The highest BCUT2D eigenvalue weighted by Crippen LogP contribution is 2.19. The van der Waals surface area contributed by atoms with Crippen molar-refractivity contribution in [2.75, 3.05) is 0 Å². The molecule has 1 aromatic heterocycles. The highest BCUT2D eigenvalue weighted by atomic mass is 19.1. The van der Waals surface area contributed by atoms with Crippen molar-refractivity contribution >= 4 is 23.1 Å². The van der Waals surface area contributed by atoms with E-state index in [9.17, 15) is 9.18 Å². The van der Waals surface area contributed by atoms with Gasteiger partial charge in [0.25, 0.3) is 5.56 Å². The van der Waals surface area contributed by atoms with E-state index in [0.29, 0.717) is 22.4 Å². The number of fused-ring (bicyclic) bond motifs is 1. The third kappa shape index (κ3) is 3.29. The van der Waals surface area contributed by atoms with Crippen LogP contribution in [0.4, 0.5) is 4.39 Å². The summed E-state index contributed by atoms with van der Waals surface area (Å²) in [5.41, 5.74) is 2.67. The van der Waals surface area contributed by atoms with Crippen LogP contribution in [0, 0.1) is 12.7 Å². The molecule has 0 spiro atoms. The summed E-state index contributed by atoms with van der Waals surface area (Å²) in [4.78, 5) is 17.8. The maximum atomic E-state index is 13.9. The summed E-state index contributed by atoms with van der Waals surface area (Å²) >= 11 is 0. The summed E-state index contributed by atoms with van der Waals surface area (Å²) in [6, 6.07) is 21.4. The third-order valence-electron chi connectivity index (χ3n) is 4.44. The van der Waals surface area contributed by atoms with Crippen LogP contribution in [0.15, 0.2) is 77.6 Å². The predicted octanol–water partition coefficient (Wildman–Crippen LogP) is 5.00. The number of rotatable bonds is 3. The van der Waals surface area contributed by atoms with Crippen LogP contribution in [-0.4, -0.2) is 9.55 Å². The fourth-order valence-electron chi connectivity index (χ4n) is 3.05. The summed E-state index contributed by atoms with van der Waals surface area (Å²) < 4.78 is 15.4. The van der Waals surface area contributed by atoms with E-state index in [4.69, 9.17) is 0 Å². The lowest BCUT2D eigenvalue weighted by molar-refractivity contribution is 0.625. The maximum absolute atomic E-state index is 13.9. The second-order valence-electron chi connectivity index (χ2n) is 6.30. The van der Waals surface area contributed by atoms with E-state index in [0.717, 1.165) is 11.1 Å². The first-order valence-electron chi connectivity index (χ1n) is 8.65. The lowest BCUT2D eigenvalue weighted by atomic mass is 10.1. The van der Waals surface area contributed by atoms with E-state index in [1.165, 1.54) is 16.7 Å². The molecule has 0 aliphatic rings. The number of aromatic nitrogens is 2. The Morgan fingerprint density at radius 2 is 1.67 bits per heavy atom. The molecule has 0 fully saturated rings. The molecule has 4 aromatic rings. The maximum Gasteiger partial charge on any atom is 0.266 e. The van der Waals surface area contributed by atoms with Crippen molar-refractivity contribution in [1.29, 1.82) is 0 Å². The lowest BCUT2D eigenvalue weighted by Gasteiger charge is -2.14. The molecular formula is C23H17FN2O. The standard InChI is InChI=1S/C23H17FN2O/c1-16-11-13-18(24)15-21(16)26-22(14-12-17-7-3-2-4-8-17)25-20-10-6-5-9-19(20)23(26)27/h2-15H,1H3. The minimum atomic E-state index is -0.395. The molecule has 0 atom stereocenters. The van der Waals surface area contributed by atoms with Gasteiger partial charge in [-0.2, -0.15) is 0 Å². The van der Waals surface area contributed by atoms with Gasteiger partial charge in [0, 0.05) is 0 Å². The zero-order valence-corrected chi connectivity index (χ0v) is 14.8. The Hall–Kier alpha value is -3.53. The van der Waals surface area contributed by atoms with E-state index < -0.39 is 5.82 Å². The summed E-state index contributed by atoms with van der Waals surface area (Å²) in [6.07, 6.45) is 3.68. The molecule has 0 aliphatic heterocycles. The van der Waals surface area contributed by atoms with Gasteiger partial charge in [-0.3, -0.25) is 9.36 Å². The largest absolute Gasteiger partial charge is 0.268 e. The van der Waals surface area contributed by atoms with E-state index in [-0.39, 0.29) is 5.56 Å². The first-order chi connectivity index (χ1) is 13.1. The van der Waals surface area contributed by atoms with Crippen molar-refractivity contribution in [3.8, 4) is 5.69 Å². The SMILES string of the molecule is Cc1ccc(F)cc1-n1c(C=Cc2ccccc2)nc2ccccc2c1=O. The lowest BCUT2D eigenvalue weighted by Crippen LogP contribution is -2.23. The zero-order chi connectivity index (χ0) is 18.8. The molecule has 0 unspecified atom stereocenters. The number of hydrogen-bond donors (Lipinski definition) is 0. The minimum Gasteiger partial charge on any atom is -0.268 e. The summed E-state index contributed by atoms with van der Waals surface area (Å²) in [7, 11) is 0. The first kappa shape index (κ1) is 16.9. The molecule has 0 aliphatic carbocycles. The van der Waals surface area contributed by atoms with Gasteiger partial charge in [-0.15, -0.1) is 0 Å². The molecule has 1 heterocycles. The van der Waals surface area contributed by atoms with Crippen LogP contribution in [0.2, 0.25) is 0 Å². The predicted molar refractivity (Wildman–Crippen MR) is 107 cm³/mol. The summed E-state index contributed by atoms with van der Waals surface area (Å²) in [5.74, 6) is 0.0601. The summed E-state index contributed by atoms with van der Waals surface area (Å²) in [6.45, 7) is 1.85. The molecule has 0 N–H and O–H groups in total. The van der Waals surface area contributed by atoms with E-state index >= 15 is 0 Å². The topological polar surface area (TPSA) is 34.9 Å². The number of para-hydroxylation sites is 1. The van der Waals surface area contributed by atoms with E-state index in [2.05, 4.69) is 4.98 Å². The molecule has 4 heteroatoms. The number of aryl methyl sites for hydroxylation is 1. The fraction of sp³-hybridized carbons (Fsp3) is 0.0435. The smallest absolute Gasteiger partial charge is 0.266 e. The van der Waals surface area contributed by atoms with Gasteiger partial charge < -0.3 is 0 Å². The first-order valence-corrected chi connectivity index (χ1v) is 8.65. The van der Waals surface area contributed by atoms with Crippen LogP contribution in [0.5, 0.6) is 0 Å². The number of benzene rings is 3. The molecule has 0 saturated carbocycles. The zero-order valence-electron chi connectivity index (χ0n) is 14.8. The fourth-order valence-corrected chi connectivity index (χ4v) is 3.05. The van der Waals surface area contributed by atoms with E-state index in [1.54, 1.807) is 30.3 Å². The Morgan fingerprint density at radius 3 is 2.48 bits per heavy atom. The van der Waals surface area contributed by atoms with Gasteiger partial charge in [0.05, 0.1) is 16.6 Å². The monoisotopic (exact) mass is 356 g/mol. The van der Waals surface area contributed by atoms with Crippen molar-refractivity contribution in [2.24, 2.45) is 0 Å². The van der Waals surface area contributed by atoms with Gasteiger partial charge in [-0.1, -0.05) is 54.6 Å². The van der Waals surface area contributed by atoms with Crippen molar-refractivity contribution in [3.05, 3.63) is 106 Å². The molecule has 3 aromatic carbocycles. The van der Waals surface area contributed by atoms with Gasteiger partial charge in [-0.05, 0) is 48.4 Å². The summed E-state index contributed by atoms with van der Waals surface area (Å²) in [5, 5.41) is 0.498. The number of hydrogen-bond acceptors (Lipinski definition) is 2. The van der Waals surface area contributed by atoms with Crippen LogP contribution >= 0.6 is 0 Å². The third-order valence-corrected chi connectivity index (χ3v) is 4.44. The molecule has 3 nitrogen and oxygen atoms in total. The van der Waals surface area contributed by atoms with Crippen molar-refractivity contribution in [2.45, 2.75) is 6.92 Å². The van der Waals surface area contributed by atoms with Crippen LogP contribution in [0.1, 0.15) is 17.0 Å². The second kappa shape index (κ2) is 7.00. The molecule has 27 heavy (non-hydrogen) atoms. The number of halogens is 1. The quantitative estimate of drug-likeness (QED) is 0.517.